The Morgan fingerprint density at radius 1 is 1.09 bits per heavy atom. The van der Waals surface area contributed by atoms with Crippen LogP contribution in [0, 0.1) is 11.8 Å². The van der Waals surface area contributed by atoms with Crippen molar-refractivity contribution in [2.45, 2.75) is 51.1 Å². The Morgan fingerprint density at radius 3 is 2.45 bits per heavy atom. The molecular formula is C24H34N4O5. The Bertz CT molecular complexity index is 856. The number of piperidine rings is 2. The molecular weight excluding hydrogens is 424 g/mol. The summed E-state index contributed by atoms with van der Waals surface area (Å²) < 4.78 is 0. The number of hydrogen-bond acceptors (Lipinski definition) is 5. The highest BCUT2D eigenvalue weighted by atomic mass is 16.4. The number of carboxylic acids is 1. The molecule has 2 heterocycles. The van der Waals surface area contributed by atoms with Crippen molar-refractivity contribution in [3.05, 3.63) is 35.9 Å². The smallest absolute Gasteiger partial charge is 0.350 e. The van der Waals surface area contributed by atoms with Crippen LogP contribution >= 0.6 is 0 Å². The first kappa shape index (κ1) is 24.7. The molecule has 2 fully saturated rings. The number of carbonyl (C=O) groups is 4. The van der Waals surface area contributed by atoms with E-state index in [0.29, 0.717) is 37.3 Å². The van der Waals surface area contributed by atoms with Gasteiger partial charge in [-0.15, -0.1) is 0 Å². The van der Waals surface area contributed by atoms with Gasteiger partial charge in [0.05, 0.1) is 5.92 Å². The molecule has 2 aliphatic heterocycles. The molecule has 3 rings (SSSR count). The third-order valence-electron chi connectivity index (χ3n) is 6.57. The standard InChI is InChI=1S/C24H34N4O5/c1-24(23(32)33,26-21(30)18-6-3-2-4-7-18)27-22(31)19-8-5-15-28(16-19)20(29)10-9-17-11-13-25-14-12-17/h2-4,6-7,17,19,25H,5,8-16H2,1H3,(H,26,30)(H,27,31)(H,32,33)/t19-,24+/m1/s1. The summed E-state index contributed by atoms with van der Waals surface area (Å²) in [6.45, 7) is 4.11. The van der Waals surface area contributed by atoms with Crippen LogP contribution in [-0.4, -0.2) is 65.5 Å². The van der Waals surface area contributed by atoms with Crippen LogP contribution in [0.1, 0.15) is 55.8 Å². The number of nitrogens with zero attached hydrogens (tertiary/aromatic N) is 1. The lowest BCUT2D eigenvalue weighted by molar-refractivity contribution is -0.149. The number of nitrogens with one attached hydrogen (secondary N) is 3. The fraction of sp³-hybridized carbons (Fsp3) is 0.583. The van der Waals surface area contributed by atoms with Gasteiger partial charge in [-0.1, -0.05) is 18.2 Å². The molecule has 180 valence electrons. The zero-order valence-electron chi connectivity index (χ0n) is 19.1. The molecule has 4 N–H and O–H groups in total. The average molecular weight is 459 g/mol. The molecule has 2 atom stereocenters. The van der Waals surface area contributed by atoms with E-state index in [0.717, 1.165) is 32.4 Å². The summed E-state index contributed by atoms with van der Waals surface area (Å²) in [5.41, 5.74) is -1.67. The second-order valence-electron chi connectivity index (χ2n) is 9.15. The first-order chi connectivity index (χ1) is 15.8. The maximum atomic E-state index is 12.9. The highest BCUT2D eigenvalue weighted by molar-refractivity contribution is 5.99. The molecule has 0 spiro atoms. The van der Waals surface area contributed by atoms with Crippen LogP contribution in [0.4, 0.5) is 0 Å². The molecule has 1 aromatic carbocycles. The predicted octanol–water partition coefficient (Wildman–Crippen LogP) is 1.35. The van der Waals surface area contributed by atoms with E-state index in [-0.39, 0.29) is 12.5 Å². The average Bonchev–Trinajstić information content (AvgIpc) is 2.83. The van der Waals surface area contributed by atoms with Crippen LogP contribution in [0.3, 0.4) is 0 Å². The van der Waals surface area contributed by atoms with Crippen molar-refractivity contribution >= 4 is 23.7 Å². The van der Waals surface area contributed by atoms with Gasteiger partial charge in [0.2, 0.25) is 17.5 Å². The monoisotopic (exact) mass is 458 g/mol. The van der Waals surface area contributed by atoms with Gasteiger partial charge in [0.15, 0.2) is 0 Å². The zero-order valence-corrected chi connectivity index (χ0v) is 19.1. The van der Waals surface area contributed by atoms with E-state index < -0.39 is 29.4 Å². The number of carboxylic acid groups (broad SMARTS) is 1. The maximum Gasteiger partial charge on any atom is 0.350 e. The number of hydrogen-bond donors (Lipinski definition) is 4. The molecule has 2 aliphatic rings. The Kier molecular flexibility index (Phi) is 8.43. The van der Waals surface area contributed by atoms with Crippen molar-refractivity contribution in [1.82, 2.24) is 20.9 Å². The number of amides is 3. The van der Waals surface area contributed by atoms with Gasteiger partial charge in [0, 0.05) is 25.1 Å². The molecule has 0 aliphatic carbocycles. The van der Waals surface area contributed by atoms with E-state index >= 15 is 0 Å². The van der Waals surface area contributed by atoms with Gasteiger partial charge in [-0.05, 0) is 70.2 Å². The Labute approximate surface area is 194 Å². The summed E-state index contributed by atoms with van der Waals surface area (Å²) in [7, 11) is 0. The molecule has 2 saturated heterocycles. The summed E-state index contributed by atoms with van der Waals surface area (Å²) in [5, 5.41) is 17.9. The summed E-state index contributed by atoms with van der Waals surface area (Å²) >= 11 is 0. The minimum Gasteiger partial charge on any atom is -0.478 e. The van der Waals surface area contributed by atoms with E-state index in [1.807, 2.05) is 0 Å². The van der Waals surface area contributed by atoms with E-state index in [9.17, 15) is 24.3 Å². The van der Waals surface area contributed by atoms with Crippen molar-refractivity contribution in [2.75, 3.05) is 26.2 Å². The van der Waals surface area contributed by atoms with Gasteiger partial charge in [-0.25, -0.2) is 4.79 Å². The van der Waals surface area contributed by atoms with E-state index in [1.165, 1.54) is 6.92 Å². The topological polar surface area (TPSA) is 128 Å². The van der Waals surface area contributed by atoms with Crippen LogP contribution in [0.25, 0.3) is 0 Å². The molecule has 9 nitrogen and oxygen atoms in total. The number of benzene rings is 1. The molecule has 0 aromatic heterocycles. The SMILES string of the molecule is C[C@](NC(=O)c1ccccc1)(NC(=O)[C@@H]1CCCN(C(=O)CCC2CCNCC2)C1)C(=O)O. The minimum atomic E-state index is -1.97. The second kappa shape index (κ2) is 11.3. The van der Waals surface area contributed by atoms with Crippen LogP contribution in [0.2, 0.25) is 0 Å². The highest BCUT2D eigenvalue weighted by Crippen LogP contribution is 2.22. The lowest BCUT2D eigenvalue weighted by Crippen LogP contribution is -2.65. The Hall–Kier alpha value is -2.94. The van der Waals surface area contributed by atoms with Crippen molar-refractivity contribution in [2.24, 2.45) is 11.8 Å². The molecule has 0 saturated carbocycles. The summed E-state index contributed by atoms with van der Waals surface area (Å²) in [5.74, 6) is -2.36. The van der Waals surface area contributed by atoms with E-state index in [1.54, 1.807) is 35.2 Å². The molecule has 0 unspecified atom stereocenters. The Balaban J connectivity index is 1.56. The second-order valence-corrected chi connectivity index (χ2v) is 9.15. The van der Waals surface area contributed by atoms with Crippen molar-refractivity contribution in [1.29, 1.82) is 0 Å². The van der Waals surface area contributed by atoms with Gasteiger partial charge in [0.25, 0.3) is 5.91 Å². The van der Waals surface area contributed by atoms with Crippen LogP contribution < -0.4 is 16.0 Å². The van der Waals surface area contributed by atoms with E-state index in [2.05, 4.69) is 16.0 Å². The number of likely N-dealkylation sites (tertiary alicyclic amines) is 1. The fourth-order valence-electron chi connectivity index (χ4n) is 4.45. The van der Waals surface area contributed by atoms with Crippen LogP contribution in [-0.2, 0) is 14.4 Å². The van der Waals surface area contributed by atoms with Gasteiger partial charge in [0.1, 0.15) is 0 Å². The highest BCUT2D eigenvalue weighted by Gasteiger charge is 2.39. The quantitative estimate of drug-likeness (QED) is 0.436. The van der Waals surface area contributed by atoms with E-state index in [4.69, 9.17) is 0 Å². The molecule has 1 aromatic rings. The number of rotatable bonds is 8. The van der Waals surface area contributed by atoms with Gasteiger partial charge < -0.3 is 26.0 Å². The molecule has 9 heteroatoms. The normalized spacial score (nSPS) is 21.0. The molecule has 3 amide bonds. The summed E-state index contributed by atoms with van der Waals surface area (Å²) in [4.78, 5) is 51.8. The maximum absolute atomic E-state index is 12.9. The van der Waals surface area contributed by atoms with Crippen molar-refractivity contribution in [3.8, 4) is 0 Å². The lowest BCUT2D eigenvalue weighted by Gasteiger charge is -2.35. The summed E-state index contributed by atoms with van der Waals surface area (Å²) in [6.07, 6.45) is 4.74. The Morgan fingerprint density at radius 2 is 1.79 bits per heavy atom. The lowest BCUT2D eigenvalue weighted by atomic mass is 9.92. The first-order valence-electron chi connectivity index (χ1n) is 11.7. The predicted molar refractivity (Wildman–Crippen MR) is 122 cm³/mol. The number of aliphatic carboxylic acids is 1. The van der Waals surface area contributed by atoms with Gasteiger partial charge >= 0.3 is 5.97 Å². The zero-order chi connectivity index (χ0) is 23.8. The largest absolute Gasteiger partial charge is 0.478 e. The molecule has 0 radical (unpaired) electrons. The summed E-state index contributed by atoms with van der Waals surface area (Å²) in [6, 6.07) is 8.22. The van der Waals surface area contributed by atoms with Crippen LogP contribution in [0.5, 0.6) is 0 Å². The first-order valence-corrected chi connectivity index (χ1v) is 11.7. The molecule has 33 heavy (non-hydrogen) atoms. The third-order valence-corrected chi connectivity index (χ3v) is 6.57. The van der Waals surface area contributed by atoms with Crippen molar-refractivity contribution in [3.63, 3.8) is 0 Å². The third kappa shape index (κ3) is 6.77. The van der Waals surface area contributed by atoms with Crippen LogP contribution in [0.15, 0.2) is 30.3 Å². The molecule has 0 bridgehead atoms. The van der Waals surface area contributed by atoms with Gasteiger partial charge in [-0.3, -0.25) is 14.4 Å². The minimum absolute atomic E-state index is 0.0457. The number of carbonyl (C=O) groups excluding carboxylic acids is 3. The fourth-order valence-corrected chi connectivity index (χ4v) is 4.45. The van der Waals surface area contributed by atoms with Crippen molar-refractivity contribution < 1.29 is 24.3 Å². The van der Waals surface area contributed by atoms with Gasteiger partial charge in [-0.2, -0.15) is 0 Å².